The molecule has 0 aliphatic heterocycles. The molecule has 0 bridgehead atoms. The summed E-state index contributed by atoms with van der Waals surface area (Å²) in [6.07, 6.45) is 1.42. The molecule has 2 rings (SSSR count). The van der Waals surface area contributed by atoms with Crippen LogP contribution in [0, 0.1) is 12.8 Å². The van der Waals surface area contributed by atoms with Crippen LogP contribution in [0.3, 0.4) is 0 Å². The van der Waals surface area contributed by atoms with E-state index in [1.54, 1.807) is 7.11 Å². The van der Waals surface area contributed by atoms with Gasteiger partial charge in [-0.15, -0.1) is 0 Å². The van der Waals surface area contributed by atoms with Crippen molar-refractivity contribution in [2.24, 2.45) is 5.92 Å². The van der Waals surface area contributed by atoms with Crippen LogP contribution < -0.4 is 5.32 Å². The topological polar surface area (TPSA) is 67.6 Å². The minimum Gasteiger partial charge on any atom is -0.447 e. The van der Waals surface area contributed by atoms with Crippen LogP contribution >= 0.6 is 0 Å². The molecule has 1 N–H and O–H groups in total. The molecule has 2 aromatic rings. The van der Waals surface area contributed by atoms with E-state index in [4.69, 9.17) is 9.15 Å². The van der Waals surface area contributed by atoms with E-state index in [-0.39, 0.29) is 5.91 Å². The number of hydrogen-bond donors (Lipinski definition) is 1. The Bertz CT molecular complexity index is 727. The van der Waals surface area contributed by atoms with Crippen LogP contribution in [0.15, 0.2) is 34.9 Å². The SMILES string of the molecule is COCCNC(=O)c1coc(CN(Cc2cccc(C)c2)C(C)C(C)C)n1. The number of nitrogens with zero attached hydrogens (tertiary/aromatic N) is 2. The highest BCUT2D eigenvalue weighted by molar-refractivity contribution is 5.91. The molecule has 0 radical (unpaired) electrons. The molecule has 1 aromatic carbocycles. The molecule has 0 saturated carbocycles. The summed E-state index contributed by atoms with van der Waals surface area (Å²) in [5.41, 5.74) is 2.80. The van der Waals surface area contributed by atoms with E-state index in [0.29, 0.717) is 43.2 Å². The molecule has 148 valence electrons. The third-order valence-corrected chi connectivity index (χ3v) is 4.72. The third-order valence-electron chi connectivity index (χ3n) is 4.72. The molecule has 1 unspecified atom stereocenters. The van der Waals surface area contributed by atoms with Crippen LogP contribution in [-0.4, -0.2) is 42.1 Å². The normalized spacial score (nSPS) is 12.6. The average Bonchev–Trinajstić information content (AvgIpc) is 3.09. The van der Waals surface area contributed by atoms with E-state index in [1.165, 1.54) is 17.4 Å². The Balaban J connectivity index is 2.07. The quantitative estimate of drug-likeness (QED) is 0.647. The number of nitrogens with one attached hydrogen (secondary N) is 1. The van der Waals surface area contributed by atoms with Crippen LogP contribution in [0.4, 0.5) is 0 Å². The van der Waals surface area contributed by atoms with Crippen molar-refractivity contribution in [1.29, 1.82) is 0 Å². The number of amides is 1. The molecular formula is C21H31N3O3. The Hall–Kier alpha value is -2.18. The highest BCUT2D eigenvalue weighted by Gasteiger charge is 2.21. The minimum atomic E-state index is -0.246. The third kappa shape index (κ3) is 6.48. The first-order valence-electron chi connectivity index (χ1n) is 9.41. The standard InChI is InChI=1S/C21H31N3O3/c1-15(2)17(4)24(12-18-8-6-7-16(3)11-18)13-20-23-19(14-27-20)21(25)22-9-10-26-5/h6-8,11,14-15,17H,9-10,12-13H2,1-5H3,(H,22,25). The van der Waals surface area contributed by atoms with E-state index >= 15 is 0 Å². The fourth-order valence-corrected chi connectivity index (χ4v) is 2.83. The first-order chi connectivity index (χ1) is 12.9. The van der Waals surface area contributed by atoms with Gasteiger partial charge in [0, 0.05) is 26.2 Å². The summed E-state index contributed by atoms with van der Waals surface area (Å²) < 4.78 is 10.5. The van der Waals surface area contributed by atoms with Crippen LogP contribution in [0.2, 0.25) is 0 Å². The monoisotopic (exact) mass is 373 g/mol. The molecule has 6 nitrogen and oxygen atoms in total. The van der Waals surface area contributed by atoms with Gasteiger partial charge >= 0.3 is 0 Å². The van der Waals surface area contributed by atoms with Crippen molar-refractivity contribution < 1.29 is 13.9 Å². The number of methoxy groups -OCH3 is 1. The first-order valence-corrected chi connectivity index (χ1v) is 9.41. The average molecular weight is 373 g/mol. The number of oxazole rings is 1. The largest absolute Gasteiger partial charge is 0.447 e. The first kappa shape index (κ1) is 21.1. The molecule has 27 heavy (non-hydrogen) atoms. The summed E-state index contributed by atoms with van der Waals surface area (Å²) in [6.45, 7) is 11.0. The van der Waals surface area contributed by atoms with E-state index in [0.717, 1.165) is 6.54 Å². The van der Waals surface area contributed by atoms with E-state index in [1.807, 2.05) is 0 Å². The zero-order valence-corrected chi connectivity index (χ0v) is 17.0. The zero-order chi connectivity index (χ0) is 19.8. The second-order valence-corrected chi connectivity index (χ2v) is 7.25. The molecule has 1 atom stereocenters. The fraction of sp³-hybridized carbons (Fsp3) is 0.524. The zero-order valence-electron chi connectivity index (χ0n) is 17.0. The molecule has 0 spiro atoms. The van der Waals surface area contributed by atoms with Gasteiger partial charge in [-0.3, -0.25) is 9.69 Å². The van der Waals surface area contributed by atoms with Gasteiger partial charge in [-0.1, -0.05) is 43.7 Å². The van der Waals surface area contributed by atoms with Gasteiger partial charge in [-0.25, -0.2) is 4.98 Å². The number of carbonyl (C=O) groups is 1. The van der Waals surface area contributed by atoms with Gasteiger partial charge < -0.3 is 14.5 Å². The van der Waals surface area contributed by atoms with Gasteiger partial charge in [-0.05, 0) is 25.3 Å². The Morgan fingerprint density at radius 3 is 2.74 bits per heavy atom. The number of aromatic nitrogens is 1. The van der Waals surface area contributed by atoms with Gasteiger partial charge in [0.25, 0.3) is 5.91 Å². The number of rotatable bonds is 10. The van der Waals surface area contributed by atoms with Crippen molar-refractivity contribution >= 4 is 5.91 Å². The van der Waals surface area contributed by atoms with Crippen LogP contribution in [-0.2, 0) is 17.8 Å². The van der Waals surface area contributed by atoms with Crippen molar-refractivity contribution in [2.45, 2.75) is 46.8 Å². The van der Waals surface area contributed by atoms with E-state index < -0.39 is 0 Å². The lowest BCUT2D eigenvalue weighted by Crippen LogP contribution is -2.36. The van der Waals surface area contributed by atoms with Crippen molar-refractivity contribution in [3.8, 4) is 0 Å². The summed E-state index contributed by atoms with van der Waals surface area (Å²) in [5, 5.41) is 2.75. The molecule has 0 fully saturated rings. The Morgan fingerprint density at radius 1 is 1.30 bits per heavy atom. The molecular weight excluding hydrogens is 342 g/mol. The van der Waals surface area contributed by atoms with Crippen molar-refractivity contribution in [2.75, 3.05) is 20.3 Å². The lowest BCUT2D eigenvalue weighted by molar-refractivity contribution is 0.0932. The Kier molecular flexibility index (Phi) is 8.00. The van der Waals surface area contributed by atoms with Gasteiger partial charge in [0.2, 0.25) is 5.89 Å². The maximum absolute atomic E-state index is 12.1. The molecule has 0 aliphatic carbocycles. The Labute approximate surface area is 161 Å². The second-order valence-electron chi connectivity index (χ2n) is 7.25. The van der Waals surface area contributed by atoms with Gasteiger partial charge in [0.15, 0.2) is 5.69 Å². The van der Waals surface area contributed by atoms with Gasteiger partial charge in [0.1, 0.15) is 6.26 Å². The number of hydrogen-bond acceptors (Lipinski definition) is 5. The van der Waals surface area contributed by atoms with Crippen LogP contribution in [0.5, 0.6) is 0 Å². The molecule has 1 amide bonds. The van der Waals surface area contributed by atoms with Crippen molar-refractivity contribution in [3.63, 3.8) is 0 Å². The summed E-state index contributed by atoms with van der Waals surface area (Å²) >= 11 is 0. The van der Waals surface area contributed by atoms with Crippen LogP contribution in [0.25, 0.3) is 0 Å². The molecule has 0 saturated heterocycles. The predicted octanol–water partition coefficient (Wildman–Crippen LogP) is 3.41. The second kappa shape index (κ2) is 10.2. The number of ether oxygens (including phenoxy) is 1. The van der Waals surface area contributed by atoms with Crippen molar-refractivity contribution in [3.05, 3.63) is 53.2 Å². The fourth-order valence-electron chi connectivity index (χ4n) is 2.83. The maximum Gasteiger partial charge on any atom is 0.273 e. The highest BCUT2D eigenvalue weighted by Crippen LogP contribution is 2.18. The summed E-state index contributed by atoms with van der Waals surface area (Å²) in [7, 11) is 1.60. The predicted molar refractivity (Wildman–Crippen MR) is 105 cm³/mol. The smallest absolute Gasteiger partial charge is 0.273 e. The number of aryl methyl sites for hydroxylation is 1. The summed E-state index contributed by atoms with van der Waals surface area (Å²) in [4.78, 5) is 18.8. The van der Waals surface area contributed by atoms with E-state index in [9.17, 15) is 4.79 Å². The molecule has 1 aromatic heterocycles. The van der Waals surface area contributed by atoms with Crippen LogP contribution in [0.1, 0.15) is 48.3 Å². The minimum absolute atomic E-state index is 0.246. The van der Waals surface area contributed by atoms with Gasteiger partial charge in [0.05, 0.1) is 13.2 Å². The molecule has 0 aliphatic rings. The maximum atomic E-state index is 12.1. The van der Waals surface area contributed by atoms with Crippen molar-refractivity contribution in [1.82, 2.24) is 15.2 Å². The number of benzene rings is 1. The summed E-state index contributed by atoms with van der Waals surface area (Å²) in [6, 6.07) is 8.86. The lowest BCUT2D eigenvalue weighted by atomic mass is 10.0. The summed E-state index contributed by atoms with van der Waals surface area (Å²) in [5.74, 6) is 0.790. The molecule has 1 heterocycles. The lowest BCUT2D eigenvalue weighted by Gasteiger charge is -2.30. The van der Waals surface area contributed by atoms with E-state index in [2.05, 4.69) is 67.2 Å². The molecule has 6 heteroatoms. The number of carbonyl (C=O) groups excluding carboxylic acids is 1. The Morgan fingerprint density at radius 2 is 2.07 bits per heavy atom. The van der Waals surface area contributed by atoms with Gasteiger partial charge in [-0.2, -0.15) is 0 Å². The highest BCUT2D eigenvalue weighted by atomic mass is 16.5.